The van der Waals surface area contributed by atoms with Crippen molar-refractivity contribution in [3.8, 4) is 0 Å². The molecule has 0 heterocycles. The summed E-state index contributed by atoms with van der Waals surface area (Å²) in [7, 11) is 1.70. The van der Waals surface area contributed by atoms with Crippen molar-refractivity contribution in [2.24, 2.45) is 0 Å². The number of benzene rings is 1. The minimum Gasteiger partial charge on any atom is -0.385 e. The maximum Gasteiger partial charge on any atom is 0.129 e. The molecular formula is C13H20FNO. The minimum atomic E-state index is -0.0943. The molecule has 90 valence electrons. The Morgan fingerprint density at radius 3 is 2.44 bits per heavy atom. The first-order chi connectivity index (χ1) is 7.65. The van der Waals surface area contributed by atoms with Crippen LogP contribution >= 0.6 is 0 Å². The molecule has 0 amide bonds. The Morgan fingerprint density at radius 1 is 1.25 bits per heavy atom. The molecule has 16 heavy (non-hydrogen) atoms. The molecule has 0 atom stereocenters. The molecule has 1 aromatic carbocycles. The SMILES string of the molecule is COCCCNCc1cc(C)c(F)c(C)c1. The Bertz CT molecular complexity index is 316. The molecule has 0 saturated heterocycles. The molecule has 0 bridgehead atoms. The first-order valence-electron chi connectivity index (χ1n) is 5.60. The van der Waals surface area contributed by atoms with E-state index in [-0.39, 0.29) is 5.82 Å². The topological polar surface area (TPSA) is 21.3 Å². The molecule has 0 aliphatic rings. The van der Waals surface area contributed by atoms with Gasteiger partial charge in [-0.25, -0.2) is 4.39 Å². The van der Waals surface area contributed by atoms with Crippen molar-refractivity contribution in [3.63, 3.8) is 0 Å². The van der Waals surface area contributed by atoms with Gasteiger partial charge in [0.1, 0.15) is 5.82 Å². The van der Waals surface area contributed by atoms with Crippen LogP contribution in [0.15, 0.2) is 12.1 Å². The van der Waals surface area contributed by atoms with E-state index in [1.807, 2.05) is 12.1 Å². The quantitative estimate of drug-likeness (QED) is 0.751. The molecule has 3 heteroatoms. The predicted octanol–water partition coefficient (Wildman–Crippen LogP) is 2.57. The van der Waals surface area contributed by atoms with Crippen molar-refractivity contribution in [1.29, 1.82) is 0 Å². The van der Waals surface area contributed by atoms with Gasteiger partial charge in [-0.3, -0.25) is 0 Å². The summed E-state index contributed by atoms with van der Waals surface area (Å²) < 4.78 is 18.3. The molecular weight excluding hydrogens is 205 g/mol. The fraction of sp³-hybridized carbons (Fsp3) is 0.538. The van der Waals surface area contributed by atoms with Crippen LogP contribution in [0.4, 0.5) is 4.39 Å². The highest BCUT2D eigenvalue weighted by Gasteiger charge is 2.03. The summed E-state index contributed by atoms with van der Waals surface area (Å²) in [5.41, 5.74) is 2.57. The standard InChI is InChI=1S/C13H20FNO/c1-10-7-12(8-11(2)13(10)14)9-15-5-4-6-16-3/h7-8,15H,4-6,9H2,1-3H3. The number of hydrogen-bond donors (Lipinski definition) is 1. The van der Waals surface area contributed by atoms with Gasteiger partial charge in [0, 0.05) is 20.3 Å². The Hall–Kier alpha value is -0.930. The molecule has 0 aliphatic heterocycles. The van der Waals surface area contributed by atoms with E-state index in [2.05, 4.69) is 5.32 Å². The molecule has 2 nitrogen and oxygen atoms in total. The van der Waals surface area contributed by atoms with Crippen molar-refractivity contribution in [2.75, 3.05) is 20.3 Å². The smallest absolute Gasteiger partial charge is 0.129 e. The van der Waals surface area contributed by atoms with E-state index >= 15 is 0 Å². The third-order valence-corrected chi connectivity index (χ3v) is 2.53. The number of nitrogens with one attached hydrogen (secondary N) is 1. The molecule has 0 saturated carbocycles. The van der Waals surface area contributed by atoms with Gasteiger partial charge in [-0.15, -0.1) is 0 Å². The molecule has 0 unspecified atom stereocenters. The number of ether oxygens (including phenoxy) is 1. The third kappa shape index (κ3) is 3.91. The van der Waals surface area contributed by atoms with Crippen LogP contribution in [0.3, 0.4) is 0 Å². The minimum absolute atomic E-state index is 0.0943. The summed E-state index contributed by atoms with van der Waals surface area (Å²) in [6.07, 6.45) is 0.996. The Labute approximate surface area is 96.8 Å². The molecule has 0 fully saturated rings. The third-order valence-electron chi connectivity index (χ3n) is 2.53. The molecule has 1 N–H and O–H groups in total. The van der Waals surface area contributed by atoms with E-state index in [9.17, 15) is 4.39 Å². The fourth-order valence-corrected chi connectivity index (χ4v) is 1.71. The molecule has 0 aromatic heterocycles. The first-order valence-corrected chi connectivity index (χ1v) is 5.60. The number of rotatable bonds is 6. The van der Waals surface area contributed by atoms with Gasteiger partial charge in [0.15, 0.2) is 0 Å². The summed E-state index contributed by atoms with van der Waals surface area (Å²) in [4.78, 5) is 0. The Balaban J connectivity index is 2.43. The van der Waals surface area contributed by atoms with Crippen LogP contribution in [0, 0.1) is 19.7 Å². The number of aryl methyl sites for hydroxylation is 2. The maximum atomic E-state index is 13.4. The monoisotopic (exact) mass is 225 g/mol. The number of hydrogen-bond acceptors (Lipinski definition) is 2. The molecule has 0 spiro atoms. The van der Waals surface area contributed by atoms with Crippen molar-refractivity contribution in [3.05, 3.63) is 34.6 Å². The number of methoxy groups -OCH3 is 1. The van der Waals surface area contributed by atoms with Crippen LogP contribution in [-0.2, 0) is 11.3 Å². The van der Waals surface area contributed by atoms with Gasteiger partial charge in [0.05, 0.1) is 0 Å². The predicted molar refractivity (Wildman–Crippen MR) is 64.1 cm³/mol. The fourth-order valence-electron chi connectivity index (χ4n) is 1.71. The van der Waals surface area contributed by atoms with Crippen LogP contribution < -0.4 is 5.32 Å². The van der Waals surface area contributed by atoms with E-state index in [1.165, 1.54) is 0 Å². The molecule has 1 aromatic rings. The van der Waals surface area contributed by atoms with Gasteiger partial charge in [0.25, 0.3) is 0 Å². The van der Waals surface area contributed by atoms with Crippen molar-refractivity contribution < 1.29 is 9.13 Å². The van der Waals surface area contributed by atoms with E-state index in [0.29, 0.717) is 11.1 Å². The van der Waals surface area contributed by atoms with Gasteiger partial charge in [-0.05, 0) is 43.5 Å². The van der Waals surface area contributed by atoms with Gasteiger partial charge in [-0.2, -0.15) is 0 Å². The second-order valence-corrected chi connectivity index (χ2v) is 4.07. The summed E-state index contributed by atoms with van der Waals surface area (Å²) in [6, 6.07) is 3.79. The van der Waals surface area contributed by atoms with E-state index in [0.717, 1.165) is 31.7 Å². The summed E-state index contributed by atoms with van der Waals surface area (Å²) in [5.74, 6) is -0.0943. The molecule has 1 rings (SSSR count). The zero-order chi connectivity index (χ0) is 12.0. The maximum absolute atomic E-state index is 13.4. The largest absolute Gasteiger partial charge is 0.385 e. The number of halogens is 1. The van der Waals surface area contributed by atoms with Crippen molar-refractivity contribution in [2.45, 2.75) is 26.8 Å². The van der Waals surface area contributed by atoms with E-state index in [4.69, 9.17) is 4.74 Å². The Kier molecular flexibility index (Phi) is 5.43. The van der Waals surface area contributed by atoms with Gasteiger partial charge in [-0.1, -0.05) is 12.1 Å². The summed E-state index contributed by atoms with van der Waals surface area (Å²) in [5, 5.41) is 3.31. The summed E-state index contributed by atoms with van der Waals surface area (Å²) in [6.45, 7) is 6.08. The Morgan fingerprint density at radius 2 is 1.88 bits per heavy atom. The van der Waals surface area contributed by atoms with Crippen LogP contribution in [0.25, 0.3) is 0 Å². The normalized spacial score (nSPS) is 10.8. The average Bonchev–Trinajstić information content (AvgIpc) is 2.25. The molecule has 0 aliphatic carbocycles. The first kappa shape index (κ1) is 13.1. The van der Waals surface area contributed by atoms with Gasteiger partial charge < -0.3 is 10.1 Å². The van der Waals surface area contributed by atoms with Crippen molar-refractivity contribution in [1.82, 2.24) is 5.32 Å². The van der Waals surface area contributed by atoms with Crippen LogP contribution in [0.2, 0.25) is 0 Å². The second kappa shape index (κ2) is 6.61. The zero-order valence-electron chi connectivity index (χ0n) is 10.3. The summed E-state index contributed by atoms with van der Waals surface area (Å²) >= 11 is 0. The van der Waals surface area contributed by atoms with Crippen LogP contribution in [0.1, 0.15) is 23.1 Å². The van der Waals surface area contributed by atoms with Crippen LogP contribution in [0.5, 0.6) is 0 Å². The lowest BCUT2D eigenvalue weighted by molar-refractivity contribution is 0.194. The van der Waals surface area contributed by atoms with E-state index in [1.54, 1.807) is 21.0 Å². The lowest BCUT2D eigenvalue weighted by Gasteiger charge is -2.08. The highest BCUT2D eigenvalue weighted by Crippen LogP contribution is 2.14. The highest BCUT2D eigenvalue weighted by molar-refractivity contribution is 5.30. The van der Waals surface area contributed by atoms with Crippen LogP contribution in [-0.4, -0.2) is 20.3 Å². The lowest BCUT2D eigenvalue weighted by atomic mass is 10.1. The highest BCUT2D eigenvalue weighted by atomic mass is 19.1. The van der Waals surface area contributed by atoms with E-state index < -0.39 is 0 Å². The van der Waals surface area contributed by atoms with Gasteiger partial charge in [0.2, 0.25) is 0 Å². The average molecular weight is 225 g/mol. The van der Waals surface area contributed by atoms with Crippen molar-refractivity contribution >= 4 is 0 Å². The molecule has 0 radical (unpaired) electrons. The van der Waals surface area contributed by atoms with Gasteiger partial charge >= 0.3 is 0 Å². The zero-order valence-corrected chi connectivity index (χ0v) is 10.3. The second-order valence-electron chi connectivity index (χ2n) is 4.07. The lowest BCUT2D eigenvalue weighted by Crippen LogP contribution is -2.16.